The van der Waals surface area contributed by atoms with Crippen LogP contribution in [0.3, 0.4) is 0 Å². The van der Waals surface area contributed by atoms with E-state index in [1.807, 2.05) is 12.1 Å². The Morgan fingerprint density at radius 1 is 1.19 bits per heavy atom. The van der Waals surface area contributed by atoms with Gasteiger partial charge in [0.05, 0.1) is 6.61 Å². The molecule has 3 N–H and O–H groups in total. The van der Waals surface area contributed by atoms with E-state index in [2.05, 4.69) is 5.32 Å². The Kier molecular flexibility index (Phi) is 5.47. The van der Waals surface area contributed by atoms with E-state index in [-0.39, 0.29) is 25.4 Å². The minimum Gasteiger partial charge on any atom is -0.480 e. The third-order valence-electron chi connectivity index (χ3n) is 3.86. The van der Waals surface area contributed by atoms with Gasteiger partial charge in [-0.05, 0) is 42.9 Å². The van der Waals surface area contributed by atoms with E-state index in [1.165, 1.54) is 17.5 Å². The van der Waals surface area contributed by atoms with Crippen molar-refractivity contribution in [3.8, 4) is 0 Å². The summed E-state index contributed by atoms with van der Waals surface area (Å²) in [6.07, 6.45) is 4.27. The minimum atomic E-state index is -1.07. The van der Waals surface area contributed by atoms with E-state index in [9.17, 15) is 9.59 Å². The fourth-order valence-electron chi connectivity index (χ4n) is 2.70. The predicted octanol–water partition coefficient (Wildman–Crippen LogP) is 1.17. The molecule has 5 nitrogen and oxygen atoms in total. The zero-order chi connectivity index (χ0) is 15.2. The molecule has 1 aromatic carbocycles. The number of rotatable bonds is 7. The molecule has 21 heavy (non-hydrogen) atoms. The number of aliphatic carboxylic acids is 1. The molecule has 0 radical (unpaired) electrons. The van der Waals surface area contributed by atoms with Gasteiger partial charge in [0.25, 0.3) is 0 Å². The first-order chi connectivity index (χ1) is 10.1. The molecule has 0 unspecified atom stereocenters. The number of hydrogen-bond acceptors (Lipinski definition) is 4. The zero-order valence-electron chi connectivity index (χ0n) is 12.0. The van der Waals surface area contributed by atoms with Gasteiger partial charge in [0.1, 0.15) is 6.04 Å². The van der Waals surface area contributed by atoms with Gasteiger partial charge < -0.3 is 15.5 Å². The number of fused-ring (bicyclic) bond motifs is 1. The highest BCUT2D eigenvalue weighted by molar-refractivity contribution is 5.99. The van der Waals surface area contributed by atoms with Crippen LogP contribution in [0.4, 0.5) is 0 Å². The second kappa shape index (κ2) is 7.33. The summed E-state index contributed by atoms with van der Waals surface area (Å²) >= 11 is 0. The van der Waals surface area contributed by atoms with E-state index >= 15 is 0 Å². The lowest BCUT2D eigenvalue weighted by Gasteiger charge is -2.17. The maximum Gasteiger partial charge on any atom is 0.321 e. The smallest absolute Gasteiger partial charge is 0.321 e. The number of aliphatic hydroxyl groups is 1. The second-order valence-electron chi connectivity index (χ2n) is 5.39. The number of ketones is 1. The summed E-state index contributed by atoms with van der Waals surface area (Å²) in [5, 5.41) is 20.5. The summed E-state index contributed by atoms with van der Waals surface area (Å²) in [7, 11) is 0. The largest absolute Gasteiger partial charge is 0.480 e. The fraction of sp³-hybridized carbons (Fsp3) is 0.500. The van der Waals surface area contributed by atoms with Gasteiger partial charge in [-0.15, -0.1) is 0 Å². The van der Waals surface area contributed by atoms with Crippen LogP contribution in [0.25, 0.3) is 0 Å². The average Bonchev–Trinajstić information content (AvgIpc) is 2.50. The molecule has 114 valence electrons. The van der Waals surface area contributed by atoms with Gasteiger partial charge in [0, 0.05) is 18.5 Å². The second-order valence-corrected chi connectivity index (χ2v) is 5.39. The summed E-state index contributed by atoms with van der Waals surface area (Å²) in [5.41, 5.74) is 3.08. The first-order valence-corrected chi connectivity index (χ1v) is 7.34. The number of carbonyl (C=O) groups is 2. The number of Topliss-reactive ketones (excluding diaryl/α,β-unsaturated/α-hetero) is 1. The molecule has 1 aliphatic carbocycles. The molecule has 0 aliphatic heterocycles. The number of nitrogens with one attached hydrogen (secondary N) is 1. The van der Waals surface area contributed by atoms with Gasteiger partial charge in [-0.25, -0.2) is 0 Å². The lowest BCUT2D eigenvalue weighted by Crippen LogP contribution is -2.40. The Morgan fingerprint density at radius 3 is 2.57 bits per heavy atom. The van der Waals surface area contributed by atoms with E-state index < -0.39 is 12.0 Å². The third-order valence-corrected chi connectivity index (χ3v) is 3.86. The van der Waals surface area contributed by atoms with Crippen molar-refractivity contribution in [1.82, 2.24) is 5.32 Å². The highest BCUT2D eigenvalue weighted by atomic mass is 16.4. The molecular weight excluding hydrogens is 270 g/mol. The zero-order valence-corrected chi connectivity index (χ0v) is 12.0. The quantitative estimate of drug-likeness (QED) is 0.657. The molecule has 1 aliphatic rings. The van der Waals surface area contributed by atoms with Crippen molar-refractivity contribution in [3.05, 3.63) is 34.9 Å². The van der Waals surface area contributed by atoms with Crippen LogP contribution in [-0.4, -0.2) is 41.2 Å². The predicted molar refractivity (Wildman–Crippen MR) is 78.5 cm³/mol. The molecule has 1 aromatic rings. The molecule has 1 atom stereocenters. The Morgan fingerprint density at radius 2 is 1.90 bits per heavy atom. The molecule has 0 amide bonds. The summed E-state index contributed by atoms with van der Waals surface area (Å²) < 4.78 is 0. The molecule has 0 spiro atoms. The van der Waals surface area contributed by atoms with Gasteiger partial charge in [-0.3, -0.25) is 9.59 Å². The Hall–Kier alpha value is -1.72. The van der Waals surface area contributed by atoms with Crippen LogP contribution in [0.1, 0.15) is 40.7 Å². The van der Waals surface area contributed by atoms with Crippen LogP contribution >= 0.6 is 0 Å². The van der Waals surface area contributed by atoms with E-state index in [0.29, 0.717) is 5.56 Å². The lowest BCUT2D eigenvalue weighted by molar-refractivity contribution is -0.139. The summed E-state index contributed by atoms with van der Waals surface area (Å²) in [5.74, 6) is -1.25. The van der Waals surface area contributed by atoms with Crippen molar-refractivity contribution in [2.45, 2.75) is 38.1 Å². The number of benzene rings is 1. The van der Waals surface area contributed by atoms with Gasteiger partial charge in [0.15, 0.2) is 5.78 Å². The molecular formula is C16H21NO4. The lowest BCUT2D eigenvalue weighted by atomic mass is 9.89. The van der Waals surface area contributed by atoms with Crippen LogP contribution < -0.4 is 5.32 Å². The fourth-order valence-corrected chi connectivity index (χ4v) is 2.70. The monoisotopic (exact) mass is 291 g/mol. The van der Waals surface area contributed by atoms with Crippen LogP contribution in [0.5, 0.6) is 0 Å². The highest BCUT2D eigenvalue weighted by Crippen LogP contribution is 2.22. The van der Waals surface area contributed by atoms with E-state index in [1.54, 1.807) is 6.07 Å². The standard InChI is InChI=1S/C16H21NO4/c18-8-7-17-14(16(20)21)10-15(19)13-6-5-11-3-1-2-4-12(11)9-13/h5-6,9,14,17-18H,1-4,7-8,10H2,(H,20,21)/t14-/m0/s1. The average molecular weight is 291 g/mol. The van der Waals surface area contributed by atoms with E-state index in [4.69, 9.17) is 10.2 Å². The van der Waals surface area contributed by atoms with Crippen molar-refractivity contribution in [3.63, 3.8) is 0 Å². The van der Waals surface area contributed by atoms with Crippen molar-refractivity contribution >= 4 is 11.8 Å². The minimum absolute atomic E-state index is 0.103. The molecule has 2 rings (SSSR count). The maximum atomic E-state index is 12.2. The van der Waals surface area contributed by atoms with Crippen LogP contribution in [0.2, 0.25) is 0 Å². The highest BCUT2D eigenvalue weighted by Gasteiger charge is 2.22. The Labute approximate surface area is 124 Å². The first kappa shape index (κ1) is 15.7. The molecule has 0 bridgehead atoms. The normalized spacial score (nSPS) is 15.3. The number of aryl methyl sites for hydroxylation is 2. The molecule has 5 heteroatoms. The van der Waals surface area contributed by atoms with Gasteiger partial charge >= 0.3 is 5.97 Å². The SMILES string of the molecule is O=C(C[C@H](NCCO)C(=O)O)c1ccc2c(c1)CCCC2. The maximum absolute atomic E-state index is 12.2. The Bertz CT molecular complexity index is 527. The van der Waals surface area contributed by atoms with Gasteiger partial charge in [-0.2, -0.15) is 0 Å². The van der Waals surface area contributed by atoms with E-state index in [0.717, 1.165) is 19.3 Å². The number of hydrogen-bond donors (Lipinski definition) is 3. The molecule has 0 aromatic heterocycles. The summed E-state index contributed by atoms with van der Waals surface area (Å²) in [6, 6.07) is 4.72. The van der Waals surface area contributed by atoms with Crippen molar-refractivity contribution in [2.24, 2.45) is 0 Å². The van der Waals surface area contributed by atoms with Crippen LogP contribution in [0, 0.1) is 0 Å². The van der Waals surface area contributed by atoms with Crippen molar-refractivity contribution in [1.29, 1.82) is 0 Å². The number of aliphatic hydroxyl groups excluding tert-OH is 1. The number of carbonyl (C=O) groups excluding carboxylic acids is 1. The summed E-state index contributed by atoms with van der Waals surface area (Å²) in [4.78, 5) is 23.4. The van der Waals surface area contributed by atoms with Gasteiger partial charge in [-0.1, -0.05) is 12.1 Å². The molecule has 0 saturated carbocycles. The Balaban J connectivity index is 2.06. The molecule has 0 heterocycles. The van der Waals surface area contributed by atoms with Crippen LogP contribution in [-0.2, 0) is 17.6 Å². The number of carboxylic acids is 1. The molecule has 0 saturated heterocycles. The topological polar surface area (TPSA) is 86.6 Å². The molecule has 0 fully saturated rings. The van der Waals surface area contributed by atoms with Crippen LogP contribution in [0.15, 0.2) is 18.2 Å². The third kappa shape index (κ3) is 4.12. The van der Waals surface area contributed by atoms with Crippen molar-refractivity contribution in [2.75, 3.05) is 13.2 Å². The van der Waals surface area contributed by atoms with Crippen molar-refractivity contribution < 1.29 is 19.8 Å². The first-order valence-electron chi connectivity index (χ1n) is 7.34. The van der Waals surface area contributed by atoms with Gasteiger partial charge in [0.2, 0.25) is 0 Å². The number of carboxylic acid groups (broad SMARTS) is 1. The summed E-state index contributed by atoms with van der Waals surface area (Å²) in [6.45, 7) is 0.00521.